The van der Waals surface area contributed by atoms with Crippen LogP contribution in [0.1, 0.15) is 34.6 Å². The molecule has 0 fully saturated rings. The third kappa shape index (κ3) is 731. The van der Waals surface area contributed by atoms with Crippen molar-refractivity contribution in [3.05, 3.63) is 0 Å². The molecule has 0 bridgehead atoms. The maximum atomic E-state index is 9.00. The Kier molecular flexibility index (Phi) is 52.7. The van der Waals surface area contributed by atoms with Crippen molar-refractivity contribution in [3.63, 3.8) is 0 Å². The van der Waals surface area contributed by atoms with E-state index in [0.717, 1.165) is 75.6 Å². The van der Waals surface area contributed by atoms with Gasteiger partial charge in [0.1, 0.15) is 0 Å². The monoisotopic (exact) mass is 425 g/mol. The predicted octanol–water partition coefficient (Wildman–Crippen LogP) is -1.56. The summed E-state index contributed by atoms with van der Waals surface area (Å²) in [5, 5.41) is 40.3. The van der Waals surface area contributed by atoms with Crippen molar-refractivity contribution in [1.82, 2.24) is 5.32 Å². The molecule has 1 unspecified atom stereocenters. The molecule has 164 valence electrons. The van der Waals surface area contributed by atoms with Gasteiger partial charge in [-0.1, -0.05) is 0 Å². The van der Waals surface area contributed by atoms with Gasteiger partial charge in [0.25, 0.3) is 29.8 Å². The predicted molar refractivity (Wildman–Crippen MR) is 102 cm³/mol. The summed E-state index contributed by atoms with van der Waals surface area (Å²) in [6.45, 7) is 7.76. The van der Waals surface area contributed by atoms with Gasteiger partial charge < -0.3 is 25.5 Å². The summed E-state index contributed by atoms with van der Waals surface area (Å²) in [6.07, 6.45) is 0. The molecule has 0 rings (SSSR count). The minimum atomic E-state index is -0.833. The van der Waals surface area contributed by atoms with Crippen molar-refractivity contribution in [1.29, 1.82) is 0 Å². The fourth-order valence-electron chi connectivity index (χ4n) is 0.413. The molecular formula is C14H32N3NaO10. The van der Waals surface area contributed by atoms with E-state index >= 15 is 0 Å². The Morgan fingerprint density at radius 2 is 0.893 bits per heavy atom. The normalized spacial score (nSPS) is 8.46. The van der Waals surface area contributed by atoms with Gasteiger partial charge in [0.15, 0.2) is 0 Å². The first-order valence-corrected chi connectivity index (χ1v) is 8.74. The van der Waals surface area contributed by atoms with E-state index in [9.17, 15) is 0 Å². The third-order valence-electron chi connectivity index (χ3n) is 0.991. The Hall–Kier alpha value is -1.77. The molecule has 0 radical (unpaired) electrons. The van der Waals surface area contributed by atoms with Crippen molar-refractivity contribution in [2.75, 3.05) is 19.6 Å². The Morgan fingerprint density at radius 3 is 1.00 bits per heavy atom. The van der Waals surface area contributed by atoms with Crippen LogP contribution in [-0.4, -0.2) is 106 Å². The summed E-state index contributed by atoms with van der Waals surface area (Å²) in [5.41, 5.74) is 10.6. The number of carboxylic acid groups (broad SMARTS) is 5. The molecule has 0 saturated carbocycles. The zero-order valence-corrected chi connectivity index (χ0v) is 19.1. The van der Waals surface area contributed by atoms with Gasteiger partial charge >= 0.3 is 67.6 Å². The van der Waals surface area contributed by atoms with Gasteiger partial charge in [0.05, 0.1) is 0 Å². The summed E-state index contributed by atoms with van der Waals surface area (Å²) in [7, 11) is 0. The second-order valence-electron chi connectivity index (χ2n) is 4.47. The first-order valence-electron chi connectivity index (χ1n) is 7.58. The standard InChI is InChI=1S/C4H12N3.5C2H4O2.Na/c5-1-3-7-4-2-6;5*1-2(3)4;/h3,7H,1-2,4-6H2;5*1H3,(H,3,4);. The molecule has 10 N–H and O–H groups in total. The van der Waals surface area contributed by atoms with E-state index in [1.165, 1.54) is 0 Å². The van der Waals surface area contributed by atoms with Crippen LogP contribution < -0.4 is 16.8 Å². The first kappa shape index (κ1) is 40.8. The summed E-state index contributed by atoms with van der Waals surface area (Å²) in [4.78, 5) is 45.0. The zero-order chi connectivity index (χ0) is 24.3. The quantitative estimate of drug-likeness (QED) is 0.237. The Bertz CT molecular complexity index is 319. The van der Waals surface area contributed by atoms with Gasteiger partial charge in [-0.2, -0.15) is 0 Å². The summed E-state index contributed by atoms with van der Waals surface area (Å²) in [6, 6.07) is 0. The van der Waals surface area contributed by atoms with Gasteiger partial charge in [-0.15, -0.1) is 0 Å². The SMILES string of the molecule is CC(=O)O.CC(=O)O.CC(=O)O.CC(=O)O.CC(=O)O.NCCN[CH]([Na])CN. The molecule has 13 nitrogen and oxygen atoms in total. The average Bonchev–Trinajstić information content (AvgIpc) is 2.41. The van der Waals surface area contributed by atoms with Crippen molar-refractivity contribution < 1.29 is 49.5 Å². The molecule has 14 heteroatoms. The van der Waals surface area contributed by atoms with Crippen molar-refractivity contribution in [2.45, 2.75) is 37.9 Å². The van der Waals surface area contributed by atoms with E-state index in [4.69, 9.17) is 61.0 Å². The van der Waals surface area contributed by atoms with Crippen molar-refractivity contribution in [3.8, 4) is 0 Å². The number of carbonyl (C=O) groups is 5. The second kappa shape index (κ2) is 36.2. The molecule has 0 aromatic carbocycles. The zero-order valence-electron chi connectivity index (χ0n) is 17.1. The topological polar surface area (TPSA) is 251 Å². The summed E-state index contributed by atoms with van der Waals surface area (Å²) >= 11 is 1.11. The van der Waals surface area contributed by atoms with Crippen LogP contribution >= 0.6 is 0 Å². The third-order valence-corrected chi connectivity index (χ3v) is 1.87. The van der Waals surface area contributed by atoms with E-state index in [0.29, 0.717) is 9.84 Å². The van der Waals surface area contributed by atoms with Crippen LogP contribution in [0.15, 0.2) is 0 Å². The number of nitrogens with two attached hydrogens (primary N) is 2. The van der Waals surface area contributed by atoms with E-state index < -0.39 is 29.8 Å². The van der Waals surface area contributed by atoms with Gasteiger partial charge in [-0.05, 0) is 0 Å². The number of hydrogen-bond acceptors (Lipinski definition) is 8. The molecule has 0 aliphatic carbocycles. The van der Waals surface area contributed by atoms with Crippen LogP contribution in [0.25, 0.3) is 0 Å². The molecule has 28 heavy (non-hydrogen) atoms. The molecule has 0 aliphatic heterocycles. The molecule has 0 aromatic rings. The molecule has 0 heterocycles. The Labute approximate surface area is 181 Å². The molecule has 0 aromatic heterocycles. The fourth-order valence-corrected chi connectivity index (χ4v) is 0.702. The van der Waals surface area contributed by atoms with Gasteiger partial charge in [-0.3, -0.25) is 24.0 Å². The van der Waals surface area contributed by atoms with Gasteiger partial charge in [-0.25, -0.2) is 0 Å². The Morgan fingerprint density at radius 1 is 0.714 bits per heavy atom. The fraction of sp³-hybridized carbons (Fsp3) is 0.643. The van der Waals surface area contributed by atoms with E-state index in [2.05, 4.69) is 5.32 Å². The molecule has 0 aliphatic rings. The number of rotatable bonds is 4. The summed E-state index contributed by atoms with van der Waals surface area (Å²) < 4.78 is 0.540. The van der Waals surface area contributed by atoms with Gasteiger partial charge in [0.2, 0.25) is 0 Å². The van der Waals surface area contributed by atoms with Gasteiger partial charge in [0, 0.05) is 34.6 Å². The first-order chi connectivity index (χ1) is 12.5. The Balaban J connectivity index is -0.0000000536. The molecule has 0 saturated heterocycles. The van der Waals surface area contributed by atoms with Crippen LogP contribution in [0.3, 0.4) is 0 Å². The van der Waals surface area contributed by atoms with Crippen LogP contribution in [0.5, 0.6) is 0 Å². The molecule has 0 amide bonds. The number of nitrogens with one attached hydrogen (secondary N) is 1. The van der Waals surface area contributed by atoms with Crippen LogP contribution in [0.4, 0.5) is 0 Å². The molecular weight excluding hydrogens is 393 g/mol. The molecule has 1 atom stereocenters. The van der Waals surface area contributed by atoms with Crippen molar-refractivity contribution >= 4 is 57.8 Å². The second-order valence-corrected chi connectivity index (χ2v) is 5.87. The van der Waals surface area contributed by atoms with Crippen LogP contribution in [0.2, 0.25) is 0 Å². The van der Waals surface area contributed by atoms with Crippen LogP contribution in [-0.2, 0) is 24.0 Å². The molecule has 0 spiro atoms. The number of aliphatic carboxylic acids is 5. The number of carboxylic acids is 5. The van der Waals surface area contributed by atoms with E-state index in [-0.39, 0.29) is 0 Å². The van der Waals surface area contributed by atoms with Crippen LogP contribution in [0, 0.1) is 0 Å². The van der Waals surface area contributed by atoms with Crippen molar-refractivity contribution in [2.24, 2.45) is 11.5 Å². The average molecular weight is 425 g/mol. The number of hydrogen-bond donors (Lipinski definition) is 8. The van der Waals surface area contributed by atoms with E-state index in [1.807, 2.05) is 0 Å². The maximum absolute atomic E-state index is 9.00. The summed E-state index contributed by atoms with van der Waals surface area (Å²) in [5.74, 6) is -4.17. The minimum absolute atomic E-state index is 0.540. The van der Waals surface area contributed by atoms with E-state index in [1.54, 1.807) is 0 Å².